The lowest BCUT2D eigenvalue weighted by Crippen LogP contribution is -2.22. The fraction of sp³-hybridized carbons (Fsp3) is 0.125. The number of carbonyl (C=O) groups excluding carboxylic acids is 1. The van der Waals surface area contributed by atoms with Gasteiger partial charge in [0.2, 0.25) is 0 Å². The summed E-state index contributed by atoms with van der Waals surface area (Å²) in [5.41, 5.74) is 0.915. The molecule has 118 valence electrons. The van der Waals surface area contributed by atoms with Gasteiger partial charge in [0.1, 0.15) is 15.6 Å². The summed E-state index contributed by atoms with van der Waals surface area (Å²) in [5.74, 6) is 0.314. The van der Waals surface area contributed by atoms with Gasteiger partial charge in [-0.05, 0) is 23.8 Å². The van der Waals surface area contributed by atoms with Crippen molar-refractivity contribution in [1.82, 2.24) is 10.3 Å². The zero-order valence-corrected chi connectivity index (χ0v) is 14.4. The number of benzene rings is 1. The van der Waals surface area contributed by atoms with E-state index >= 15 is 0 Å². The summed E-state index contributed by atoms with van der Waals surface area (Å²) in [6.07, 6.45) is 3.39. The van der Waals surface area contributed by atoms with Crippen LogP contribution in [0.5, 0.6) is 5.75 Å². The number of nitrogens with zero attached hydrogens (tertiary/aromatic N) is 1. The van der Waals surface area contributed by atoms with E-state index in [1.807, 2.05) is 12.1 Å². The van der Waals surface area contributed by atoms with Crippen molar-refractivity contribution in [3.05, 3.63) is 57.1 Å². The summed E-state index contributed by atoms with van der Waals surface area (Å²) >= 11 is 13.9. The van der Waals surface area contributed by atoms with Gasteiger partial charge in [-0.1, -0.05) is 29.3 Å². The Bertz CT molecular complexity index is 865. The second-order valence-electron chi connectivity index (χ2n) is 4.75. The molecule has 3 rings (SSSR count). The van der Waals surface area contributed by atoms with Gasteiger partial charge in [-0.3, -0.25) is 9.78 Å². The molecule has 2 aromatic heterocycles. The van der Waals surface area contributed by atoms with Crippen LogP contribution in [-0.2, 0) is 6.54 Å². The van der Waals surface area contributed by atoms with E-state index in [4.69, 9.17) is 27.9 Å². The number of carbonyl (C=O) groups is 1. The van der Waals surface area contributed by atoms with Crippen molar-refractivity contribution in [3.8, 4) is 5.75 Å². The maximum Gasteiger partial charge on any atom is 0.263 e. The van der Waals surface area contributed by atoms with E-state index in [1.54, 1.807) is 31.6 Å². The fourth-order valence-electron chi connectivity index (χ4n) is 2.15. The number of nitrogens with one attached hydrogen (secondary N) is 1. The number of halogens is 2. The summed E-state index contributed by atoms with van der Waals surface area (Å²) in [6.45, 7) is 0.383. The molecule has 1 aromatic carbocycles. The minimum absolute atomic E-state index is 0.241. The fourth-order valence-corrected chi connectivity index (χ4v) is 3.96. The first-order chi connectivity index (χ1) is 11.1. The third-order valence-electron chi connectivity index (χ3n) is 3.30. The highest BCUT2D eigenvalue weighted by Crippen LogP contribution is 2.42. The molecule has 1 amide bonds. The maximum absolute atomic E-state index is 12.4. The highest BCUT2D eigenvalue weighted by atomic mass is 35.5. The third-order valence-corrected chi connectivity index (χ3v) is 5.52. The Morgan fingerprint density at radius 2 is 2.13 bits per heavy atom. The van der Waals surface area contributed by atoms with Gasteiger partial charge in [-0.15, -0.1) is 11.3 Å². The van der Waals surface area contributed by atoms with Crippen LogP contribution < -0.4 is 10.1 Å². The number of amides is 1. The van der Waals surface area contributed by atoms with Crippen LogP contribution in [0.3, 0.4) is 0 Å². The molecule has 3 aromatic rings. The number of fused-ring (bicyclic) bond motifs is 1. The van der Waals surface area contributed by atoms with Crippen LogP contribution in [0.15, 0.2) is 36.7 Å². The largest absolute Gasteiger partial charge is 0.495 e. The van der Waals surface area contributed by atoms with E-state index in [1.165, 1.54) is 11.3 Å². The number of pyridine rings is 1. The van der Waals surface area contributed by atoms with Crippen molar-refractivity contribution < 1.29 is 9.53 Å². The van der Waals surface area contributed by atoms with Crippen LogP contribution >= 0.6 is 34.5 Å². The average Bonchev–Trinajstić information content (AvgIpc) is 2.92. The van der Waals surface area contributed by atoms with Crippen LogP contribution in [0.2, 0.25) is 10.0 Å². The van der Waals surface area contributed by atoms with Crippen LogP contribution in [0.4, 0.5) is 0 Å². The highest BCUT2D eigenvalue weighted by Gasteiger charge is 2.20. The molecule has 0 fully saturated rings. The van der Waals surface area contributed by atoms with Crippen LogP contribution in [-0.4, -0.2) is 18.0 Å². The van der Waals surface area contributed by atoms with Gasteiger partial charge in [0.15, 0.2) is 0 Å². The first-order valence-corrected chi connectivity index (χ1v) is 8.30. The van der Waals surface area contributed by atoms with E-state index < -0.39 is 0 Å². The molecule has 0 aliphatic heterocycles. The monoisotopic (exact) mass is 366 g/mol. The first kappa shape index (κ1) is 16.1. The van der Waals surface area contributed by atoms with Gasteiger partial charge in [0, 0.05) is 24.3 Å². The van der Waals surface area contributed by atoms with E-state index in [0.717, 1.165) is 15.6 Å². The number of hydrogen-bond acceptors (Lipinski definition) is 4. The summed E-state index contributed by atoms with van der Waals surface area (Å²) in [4.78, 5) is 16.8. The number of thiophene rings is 1. The summed E-state index contributed by atoms with van der Waals surface area (Å²) < 4.78 is 5.93. The topological polar surface area (TPSA) is 51.2 Å². The molecular weight excluding hydrogens is 355 g/mol. The van der Waals surface area contributed by atoms with E-state index in [-0.39, 0.29) is 5.91 Å². The second kappa shape index (κ2) is 6.74. The summed E-state index contributed by atoms with van der Waals surface area (Å²) in [5, 5.41) is 4.44. The molecule has 0 aliphatic carbocycles. The van der Waals surface area contributed by atoms with Crippen molar-refractivity contribution >= 4 is 50.5 Å². The first-order valence-electron chi connectivity index (χ1n) is 6.73. The van der Waals surface area contributed by atoms with Crippen LogP contribution in [0.1, 0.15) is 15.2 Å². The van der Waals surface area contributed by atoms with Gasteiger partial charge >= 0.3 is 0 Å². The number of ether oxygens (including phenoxy) is 1. The molecule has 23 heavy (non-hydrogen) atoms. The Hall–Kier alpha value is -1.82. The summed E-state index contributed by atoms with van der Waals surface area (Å²) in [6, 6.07) is 7.25. The molecule has 0 saturated heterocycles. The predicted molar refractivity (Wildman–Crippen MR) is 93.8 cm³/mol. The Balaban J connectivity index is 1.89. The summed E-state index contributed by atoms with van der Waals surface area (Å²) in [7, 11) is 1.55. The molecule has 0 spiro atoms. The molecule has 7 heteroatoms. The molecule has 0 atom stereocenters. The van der Waals surface area contributed by atoms with E-state index in [0.29, 0.717) is 27.2 Å². The SMILES string of the molecule is COc1ccc2c(Cl)c(C(=O)NCc3cccnc3)sc2c1Cl. The van der Waals surface area contributed by atoms with Gasteiger partial charge in [0.25, 0.3) is 5.91 Å². The maximum atomic E-state index is 12.4. The zero-order valence-electron chi connectivity index (χ0n) is 12.1. The molecule has 0 bridgehead atoms. The minimum Gasteiger partial charge on any atom is -0.495 e. The Morgan fingerprint density at radius 1 is 1.30 bits per heavy atom. The second-order valence-corrected chi connectivity index (χ2v) is 6.52. The number of hydrogen-bond donors (Lipinski definition) is 1. The number of methoxy groups -OCH3 is 1. The van der Waals surface area contributed by atoms with Gasteiger partial charge in [-0.25, -0.2) is 0 Å². The molecule has 1 N–H and O–H groups in total. The molecular formula is C16H12Cl2N2O2S. The van der Waals surface area contributed by atoms with Gasteiger partial charge in [0.05, 0.1) is 16.8 Å². The normalized spacial score (nSPS) is 10.7. The van der Waals surface area contributed by atoms with Gasteiger partial charge in [-0.2, -0.15) is 0 Å². The molecule has 0 saturated carbocycles. The van der Waals surface area contributed by atoms with E-state index in [9.17, 15) is 4.79 Å². The van der Waals surface area contributed by atoms with Crippen molar-refractivity contribution in [1.29, 1.82) is 0 Å². The van der Waals surface area contributed by atoms with E-state index in [2.05, 4.69) is 10.3 Å². The average molecular weight is 367 g/mol. The molecule has 4 nitrogen and oxygen atoms in total. The molecule has 0 unspecified atom stereocenters. The number of aromatic nitrogens is 1. The molecule has 2 heterocycles. The lowest BCUT2D eigenvalue weighted by Gasteiger charge is -2.03. The Labute approximate surface area is 147 Å². The van der Waals surface area contributed by atoms with Crippen molar-refractivity contribution in [2.24, 2.45) is 0 Å². The Morgan fingerprint density at radius 3 is 2.83 bits per heavy atom. The standard InChI is InChI=1S/C16H12Cl2N2O2S/c1-22-11-5-4-10-12(17)15(23-14(10)13(11)18)16(21)20-8-9-3-2-6-19-7-9/h2-7H,8H2,1H3,(H,20,21). The van der Waals surface area contributed by atoms with Crippen molar-refractivity contribution in [3.63, 3.8) is 0 Å². The molecule has 0 radical (unpaired) electrons. The van der Waals surface area contributed by atoms with Crippen molar-refractivity contribution in [2.45, 2.75) is 6.54 Å². The highest BCUT2D eigenvalue weighted by molar-refractivity contribution is 7.22. The quantitative estimate of drug-likeness (QED) is 0.737. The van der Waals surface area contributed by atoms with Gasteiger partial charge < -0.3 is 10.1 Å². The van der Waals surface area contributed by atoms with Crippen LogP contribution in [0.25, 0.3) is 10.1 Å². The Kier molecular flexibility index (Phi) is 4.71. The lowest BCUT2D eigenvalue weighted by molar-refractivity contribution is 0.0955. The smallest absolute Gasteiger partial charge is 0.263 e. The van der Waals surface area contributed by atoms with Crippen molar-refractivity contribution in [2.75, 3.05) is 7.11 Å². The minimum atomic E-state index is -0.241. The molecule has 0 aliphatic rings. The third kappa shape index (κ3) is 3.13. The zero-order chi connectivity index (χ0) is 16.4. The number of rotatable bonds is 4. The predicted octanol–water partition coefficient (Wildman–Crippen LogP) is 4.54. The lowest BCUT2D eigenvalue weighted by atomic mass is 10.2. The van der Waals surface area contributed by atoms with Crippen LogP contribution in [0, 0.1) is 0 Å².